The summed E-state index contributed by atoms with van der Waals surface area (Å²) in [6, 6.07) is 3.90. The number of halogens is 1. The van der Waals surface area contributed by atoms with E-state index in [4.69, 9.17) is 0 Å². The number of amides is 1. The first-order valence-corrected chi connectivity index (χ1v) is 9.85. The highest BCUT2D eigenvalue weighted by Crippen LogP contribution is 2.21. The highest BCUT2D eigenvalue weighted by atomic mass is 35.5. The molecule has 0 atom stereocenters. The molecular weight excluding hydrogens is 362 g/mol. The minimum absolute atomic E-state index is 0. The predicted molar refractivity (Wildman–Crippen MR) is 102 cm³/mol. The molecule has 0 radical (unpaired) electrons. The standard InChI is InChI=1S/C17H27N3O3S.ClH/c1-12-10-13(2)17(14(3)11-12)24(22,23)19-9-6-16(21)20-15-4-7-18-8-5-15;/h10-11,15,18-19H,4-9H2,1-3H3,(H,20,21);1H. The van der Waals surface area contributed by atoms with Gasteiger partial charge in [-0.05, 0) is 57.8 Å². The van der Waals surface area contributed by atoms with Crippen molar-refractivity contribution in [3.8, 4) is 0 Å². The van der Waals surface area contributed by atoms with Gasteiger partial charge in [-0.1, -0.05) is 17.7 Å². The van der Waals surface area contributed by atoms with Gasteiger partial charge in [0, 0.05) is 19.0 Å². The molecule has 0 unspecified atom stereocenters. The first-order chi connectivity index (χ1) is 11.3. The minimum atomic E-state index is -3.61. The summed E-state index contributed by atoms with van der Waals surface area (Å²) in [6.07, 6.45) is 1.98. The molecule has 1 fully saturated rings. The average molecular weight is 390 g/mol. The van der Waals surface area contributed by atoms with E-state index >= 15 is 0 Å². The molecule has 2 rings (SSSR count). The minimum Gasteiger partial charge on any atom is -0.353 e. The fourth-order valence-corrected chi connectivity index (χ4v) is 4.71. The molecule has 1 aromatic carbocycles. The summed E-state index contributed by atoms with van der Waals surface area (Å²) < 4.78 is 27.6. The Hall–Kier alpha value is -1.15. The first-order valence-electron chi connectivity index (χ1n) is 8.37. The van der Waals surface area contributed by atoms with E-state index in [9.17, 15) is 13.2 Å². The van der Waals surface area contributed by atoms with Gasteiger partial charge in [0.1, 0.15) is 0 Å². The Bertz CT molecular complexity index is 678. The van der Waals surface area contributed by atoms with Crippen molar-refractivity contribution in [1.29, 1.82) is 0 Å². The lowest BCUT2D eigenvalue weighted by molar-refractivity contribution is -0.121. The fourth-order valence-electron chi connectivity index (χ4n) is 3.23. The zero-order chi connectivity index (χ0) is 17.7. The molecule has 0 aliphatic carbocycles. The second-order valence-corrected chi connectivity index (χ2v) is 8.17. The van der Waals surface area contributed by atoms with Crippen molar-refractivity contribution in [3.63, 3.8) is 0 Å². The van der Waals surface area contributed by atoms with Gasteiger partial charge in [0.15, 0.2) is 0 Å². The molecule has 1 aromatic rings. The van der Waals surface area contributed by atoms with Crippen molar-refractivity contribution in [2.45, 2.75) is 51.0 Å². The number of carbonyl (C=O) groups is 1. The first kappa shape index (κ1) is 21.9. The SMILES string of the molecule is Cc1cc(C)c(S(=O)(=O)NCCC(=O)NC2CCNCC2)c(C)c1.Cl. The van der Waals surface area contributed by atoms with Gasteiger partial charge in [0.05, 0.1) is 4.90 Å². The molecule has 1 aliphatic rings. The number of hydrogen-bond donors (Lipinski definition) is 3. The molecule has 3 N–H and O–H groups in total. The van der Waals surface area contributed by atoms with Gasteiger partial charge in [-0.3, -0.25) is 4.79 Å². The number of hydrogen-bond acceptors (Lipinski definition) is 4. The van der Waals surface area contributed by atoms with Gasteiger partial charge in [-0.15, -0.1) is 12.4 Å². The van der Waals surface area contributed by atoms with Crippen LogP contribution in [-0.4, -0.2) is 40.0 Å². The largest absolute Gasteiger partial charge is 0.353 e. The lowest BCUT2D eigenvalue weighted by Crippen LogP contribution is -2.43. The highest BCUT2D eigenvalue weighted by molar-refractivity contribution is 7.89. The van der Waals surface area contributed by atoms with Crippen LogP contribution in [0.4, 0.5) is 0 Å². The van der Waals surface area contributed by atoms with Crippen LogP contribution in [0.3, 0.4) is 0 Å². The summed E-state index contributed by atoms with van der Waals surface area (Å²) >= 11 is 0. The molecule has 0 bridgehead atoms. The molecule has 8 heteroatoms. The smallest absolute Gasteiger partial charge is 0.241 e. The van der Waals surface area contributed by atoms with Crippen LogP contribution in [-0.2, 0) is 14.8 Å². The van der Waals surface area contributed by atoms with Crippen LogP contribution in [0, 0.1) is 20.8 Å². The Morgan fingerprint density at radius 2 is 1.72 bits per heavy atom. The molecule has 1 aliphatic heterocycles. The monoisotopic (exact) mass is 389 g/mol. The molecule has 0 saturated carbocycles. The van der Waals surface area contributed by atoms with Crippen LogP contribution in [0.25, 0.3) is 0 Å². The molecule has 6 nitrogen and oxygen atoms in total. The maximum absolute atomic E-state index is 12.5. The zero-order valence-electron chi connectivity index (χ0n) is 15.0. The quantitative estimate of drug-likeness (QED) is 0.689. The molecule has 1 saturated heterocycles. The number of sulfonamides is 1. The lowest BCUT2D eigenvalue weighted by Gasteiger charge is -2.23. The van der Waals surface area contributed by atoms with E-state index in [-0.39, 0.29) is 37.3 Å². The van der Waals surface area contributed by atoms with Crippen molar-refractivity contribution < 1.29 is 13.2 Å². The van der Waals surface area contributed by atoms with E-state index < -0.39 is 10.0 Å². The Labute approximate surface area is 156 Å². The zero-order valence-corrected chi connectivity index (χ0v) is 16.6. The maximum Gasteiger partial charge on any atom is 0.241 e. The van der Waals surface area contributed by atoms with Crippen molar-refractivity contribution in [2.75, 3.05) is 19.6 Å². The van der Waals surface area contributed by atoms with Crippen LogP contribution in [0.2, 0.25) is 0 Å². The number of nitrogens with one attached hydrogen (secondary N) is 3. The Kier molecular flexibility index (Phi) is 8.34. The summed E-state index contributed by atoms with van der Waals surface area (Å²) in [5.41, 5.74) is 2.48. The van der Waals surface area contributed by atoms with Crippen LogP contribution >= 0.6 is 12.4 Å². The van der Waals surface area contributed by atoms with Gasteiger partial charge in [0.25, 0.3) is 0 Å². The molecule has 0 spiro atoms. The Morgan fingerprint density at radius 1 is 1.16 bits per heavy atom. The van der Waals surface area contributed by atoms with E-state index in [0.717, 1.165) is 42.6 Å². The average Bonchev–Trinajstić information content (AvgIpc) is 2.46. The molecule has 1 amide bonds. The van der Waals surface area contributed by atoms with E-state index in [1.807, 2.05) is 19.1 Å². The van der Waals surface area contributed by atoms with Gasteiger partial charge in [0.2, 0.25) is 15.9 Å². The summed E-state index contributed by atoms with van der Waals surface area (Å²) in [5, 5.41) is 6.20. The topological polar surface area (TPSA) is 87.3 Å². The van der Waals surface area contributed by atoms with Crippen LogP contribution in [0.15, 0.2) is 17.0 Å². The molecule has 0 aromatic heterocycles. The second kappa shape index (κ2) is 9.52. The fraction of sp³-hybridized carbons (Fsp3) is 0.588. The summed E-state index contributed by atoms with van der Waals surface area (Å²) in [5.74, 6) is -0.109. The molecular formula is C17H28ClN3O3S. The normalized spacial score (nSPS) is 15.5. The Balaban J connectivity index is 0.00000312. The van der Waals surface area contributed by atoms with Gasteiger partial charge in [-0.25, -0.2) is 13.1 Å². The van der Waals surface area contributed by atoms with E-state index in [2.05, 4.69) is 15.4 Å². The number of benzene rings is 1. The third-order valence-corrected chi connectivity index (χ3v) is 5.99. The van der Waals surface area contributed by atoms with Crippen LogP contribution in [0.5, 0.6) is 0 Å². The van der Waals surface area contributed by atoms with E-state index in [1.165, 1.54) is 0 Å². The summed E-state index contributed by atoms with van der Waals surface area (Å²) in [4.78, 5) is 12.3. The van der Waals surface area contributed by atoms with Crippen molar-refractivity contribution in [1.82, 2.24) is 15.4 Å². The number of piperidine rings is 1. The predicted octanol–water partition coefficient (Wildman–Crippen LogP) is 1.57. The summed E-state index contributed by atoms with van der Waals surface area (Å²) in [7, 11) is -3.61. The lowest BCUT2D eigenvalue weighted by atomic mass is 10.1. The third-order valence-electron chi connectivity index (χ3n) is 4.22. The van der Waals surface area contributed by atoms with Gasteiger partial charge >= 0.3 is 0 Å². The van der Waals surface area contributed by atoms with E-state index in [1.54, 1.807) is 13.8 Å². The van der Waals surface area contributed by atoms with Crippen molar-refractivity contribution >= 4 is 28.3 Å². The van der Waals surface area contributed by atoms with Gasteiger partial charge in [-0.2, -0.15) is 0 Å². The Morgan fingerprint density at radius 3 is 2.28 bits per heavy atom. The molecule has 142 valence electrons. The maximum atomic E-state index is 12.5. The van der Waals surface area contributed by atoms with E-state index in [0.29, 0.717) is 4.90 Å². The second-order valence-electron chi connectivity index (χ2n) is 6.47. The number of rotatable bonds is 6. The van der Waals surface area contributed by atoms with Crippen LogP contribution < -0.4 is 15.4 Å². The third kappa shape index (κ3) is 6.26. The van der Waals surface area contributed by atoms with Crippen molar-refractivity contribution in [2.24, 2.45) is 0 Å². The number of aryl methyl sites for hydroxylation is 3. The molecule has 1 heterocycles. The van der Waals surface area contributed by atoms with Crippen LogP contribution in [0.1, 0.15) is 36.0 Å². The number of carbonyl (C=O) groups excluding carboxylic acids is 1. The van der Waals surface area contributed by atoms with Crippen molar-refractivity contribution in [3.05, 3.63) is 28.8 Å². The highest BCUT2D eigenvalue weighted by Gasteiger charge is 2.20. The molecule has 25 heavy (non-hydrogen) atoms. The summed E-state index contributed by atoms with van der Waals surface area (Å²) in [6.45, 7) is 7.44. The van der Waals surface area contributed by atoms with Gasteiger partial charge < -0.3 is 10.6 Å².